The second-order valence-electron chi connectivity index (χ2n) is 12.8. The third-order valence-corrected chi connectivity index (χ3v) is 13.5. The summed E-state index contributed by atoms with van der Waals surface area (Å²) in [5, 5.41) is 7.35. The first-order chi connectivity index (χ1) is 23.6. The number of amides is 2. The van der Waals surface area contributed by atoms with Crippen molar-refractivity contribution in [3.05, 3.63) is 76.8 Å². The van der Waals surface area contributed by atoms with Crippen molar-refractivity contribution in [3.8, 4) is 11.1 Å². The summed E-state index contributed by atoms with van der Waals surface area (Å²) in [6.07, 6.45) is 0.330. The Labute approximate surface area is 293 Å². The molecule has 1 N–H and O–H groups in total. The van der Waals surface area contributed by atoms with Crippen molar-refractivity contribution < 1.29 is 57.9 Å². The van der Waals surface area contributed by atoms with E-state index >= 15 is 4.39 Å². The molecule has 0 saturated carbocycles. The Morgan fingerprint density at radius 3 is 2.62 bits per heavy atom. The van der Waals surface area contributed by atoms with Crippen molar-refractivity contribution in [2.45, 2.75) is 67.0 Å². The molecule has 50 heavy (non-hydrogen) atoms. The molecule has 7 rings (SSSR count). The van der Waals surface area contributed by atoms with Crippen LogP contribution in [-0.2, 0) is 33.7 Å². The van der Waals surface area contributed by atoms with Gasteiger partial charge in [0.15, 0.2) is 5.65 Å². The van der Waals surface area contributed by atoms with Crippen molar-refractivity contribution in [2.24, 2.45) is 0 Å². The van der Waals surface area contributed by atoms with Crippen molar-refractivity contribution in [1.82, 2.24) is 29.0 Å². The number of carbonyl (C=O) groups excluding carboxylic acids is 3. The fourth-order valence-electron chi connectivity index (χ4n) is 6.70. The first kappa shape index (κ1) is 34.0. The molecular weight excluding hydrogens is 773 g/mol. The van der Waals surface area contributed by atoms with E-state index < -0.39 is 56.7 Å². The molecule has 2 fully saturated rings. The van der Waals surface area contributed by atoms with Gasteiger partial charge in [-0.15, -0.1) is 0 Å². The first-order valence-corrected chi connectivity index (χ1v) is 17.9. The zero-order valence-electron chi connectivity index (χ0n) is 27.5. The monoisotopic (exact) mass is 804 g/mol. The van der Waals surface area contributed by atoms with Crippen LogP contribution in [0.1, 0.15) is 53.1 Å². The van der Waals surface area contributed by atoms with E-state index in [0.717, 1.165) is 11.8 Å². The van der Waals surface area contributed by atoms with Gasteiger partial charge in [0.25, 0.3) is 0 Å². The fourth-order valence-corrected chi connectivity index (χ4v) is 10.1. The average molecular weight is 805 g/mol. The Kier molecular flexibility index (Phi) is 8.24. The summed E-state index contributed by atoms with van der Waals surface area (Å²) >= 11 is -0.473. The topological polar surface area (TPSA) is 124 Å². The second-order valence-corrected chi connectivity index (χ2v) is 17.1. The number of anilines is 1. The number of pyridine rings is 1. The number of ketones is 1. The number of methoxy groups -OCH3 is 1. The summed E-state index contributed by atoms with van der Waals surface area (Å²) in [6.45, 7) is 6.40. The molecule has 2 aliphatic rings. The Morgan fingerprint density at radius 1 is 1.16 bits per heavy atom. The number of aromatic nitrogens is 5. The maximum atomic E-state index is 16.2. The van der Waals surface area contributed by atoms with Crippen LogP contribution in [0.5, 0.6) is 0 Å². The third kappa shape index (κ3) is 5.80. The summed E-state index contributed by atoms with van der Waals surface area (Å²) in [5.74, 6) is -2.21. The molecule has 11 nitrogen and oxygen atoms in total. The summed E-state index contributed by atoms with van der Waals surface area (Å²) in [6, 6.07) is 4.41. The molecular formula is C34H31F4IN7O4-. The molecule has 1 aromatic carbocycles. The number of nitrogens with one attached hydrogen (secondary N) is 1. The Hall–Kier alpha value is -4.45. The number of hydrogen-bond acceptors (Lipinski definition) is 7. The van der Waals surface area contributed by atoms with Gasteiger partial charge in [-0.25, -0.2) is 0 Å². The van der Waals surface area contributed by atoms with Gasteiger partial charge < -0.3 is 0 Å². The molecule has 0 radical (unpaired) electrons. The Bertz CT molecular complexity index is 2250. The normalized spacial score (nSPS) is 20.2. The SMILES string of the molecule is COCc1ccc(C(F)(F)F)nc1NC(=O)[C@@H]1C[C@@]2(C)[I-][C@H]2N1C(=O)Cn1cc(C(C)=O)c2cc(-c3cnc4cc(C)nn4c3)c(F)c(C)c21. The number of halogens is 5. The van der Waals surface area contributed by atoms with Gasteiger partial charge in [0.1, 0.15) is 0 Å². The molecule has 0 aliphatic carbocycles. The number of rotatable bonds is 8. The molecule has 2 saturated heterocycles. The van der Waals surface area contributed by atoms with E-state index in [2.05, 4.69) is 20.4 Å². The number of alkyl halides is 5. The van der Waals surface area contributed by atoms with Gasteiger partial charge in [-0.2, -0.15) is 5.10 Å². The average Bonchev–Trinajstić information content (AvgIpc) is 3.30. The van der Waals surface area contributed by atoms with Gasteiger partial charge in [0.2, 0.25) is 0 Å². The van der Waals surface area contributed by atoms with E-state index in [4.69, 9.17) is 4.74 Å². The minimum atomic E-state index is -4.74. The van der Waals surface area contributed by atoms with Crippen LogP contribution in [0.15, 0.2) is 42.9 Å². The molecule has 262 valence electrons. The fraction of sp³-hybridized carbons (Fsp3) is 0.353. The number of fused-ring (bicyclic) bond motifs is 3. The van der Waals surface area contributed by atoms with E-state index in [1.807, 2.05) is 13.8 Å². The predicted octanol–water partition coefficient (Wildman–Crippen LogP) is 2.30. The van der Waals surface area contributed by atoms with Gasteiger partial charge in [-0.1, -0.05) is 0 Å². The number of Topliss-reactive ketones (excluding diaryl/α,β-unsaturated/α-hetero) is 1. The van der Waals surface area contributed by atoms with E-state index in [9.17, 15) is 27.6 Å². The van der Waals surface area contributed by atoms with Crippen molar-refractivity contribution in [3.63, 3.8) is 0 Å². The molecule has 3 atom stereocenters. The van der Waals surface area contributed by atoms with Gasteiger partial charge in [0.05, 0.1) is 5.69 Å². The molecule has 6 heterocycles. The van der Waals surface area contributed by atoms with Gasteiger partial charge >= 0.3 is 265 Å². The van der Waals surface area contributed by atoms with Gasteiger partial charge in [-0.3, -0.25) is 0 Å². The van der Waals surface area contributed by atoms with Crippen LogP contribution in [0.3, 0.4) is 0 Å². The van der Waals surface area contributed by atoms with E-state index in [-0.39, 0.29) is 48.9 Å². The molecule has 0 spiro atoms. The number of benzene rings is 1. The number of ether oxygens (including phenoxy) is 1. The molecule has 2 aliphatic heterocycles. The van der Waals surface area contributed by atoms with Crippen LogP contribution in [0.2, 0.25) is 0 Å². The van der Waals surface area contributed by atoms with Crippen LogP contribution in [-0.4, -0.2) is 67.3 Å². The first-order valence-electron chi connectivity index (χ1n) is 15.6. The zero-order chi connectivity index (χ0) is 35.9. The maximum absolute atomic E-state index is 16.2. The third-order valence-electron chi connectivity index (χ3n) is 9.13. The van der Waals surface area contributed by atoms with Gasteiger partial charge in [0, 0.05) is 6.07 Å². The quantitative estimate of drug-likeness (QED) is 0.0841. The number of carbonyl (C=O) groups is 3. The minimum absolute atomic E-state index is 0.0925. The number of hydrogen-bond donors (Lipinski definition) is 1. The van der Waals surface area contributed by atoms with Gasteiger partial charge in [-0.05, 0) is 6.92 Å². The summed E-state index contributed by atoms with van der Waals surface area (Å²) in [5.41, 5.74) is 1.96. The summed E-state index contributed by atoms with van der Waals surface area (Å²) < 4.78 is 64.4. The van der Waals surface area contributed by atoms with Crippen molar-refractivity contribution in [2.75, 3.05) is 12.4 Å². The molecule has 4 aromatic heterocycles. The van der Waals surface area contributed by atoms with Crippen LogP contribution < -0.4 is 26.5 Å². The molecule has 16 heteroatoms. The van der Waals surface area contributed by atoms with Crippen LogP contribution >= 0.6 is 0 Å². The molecule has 0 bridgehead atoms. The van der Waals surface area contributed by atoms with Crippen molar-refractivity contribution >= 4 is 40.0 Å². The van der Waals surface area contributed by atoms with Crippen molar-refractivity contribution in [1.29, 1.82) is 0 Å². The molecule has 0 unspecified atom stereocenters. The van der Waals surface area contributed by atoms with Crippen LogP contribution in [0.25, 0.3) is 27.7 Å². The second kappa shape index (κ2) is 12.1. The molecule has 2 amide bonds. The molecule has 5 aromatic rings. The number of nitrogens with zero attached hydrogens (tertiary/aromatic N) is 6. The Balaban J connectivity index is 1.22. The summed E-state index contributed by atoms with van der Waals surface area (Å²) in [4.78, 5) is 50.2. The summed E-state index contributed by atoms with van der Waals surface area (Å²) in [7, 11) is 1.37. The van der Waals surface area contributed by atoms with E-state index in [1.165, 1.54) is 42.0 Å². The number of aryl methyl sites for hydroxylation is 2. The zero-order valence-corrected chi connectivity index (χ0v) is 29.7. The standard InChI is InChI=1S/C34H31F4IN7O4/c1-16-8-26-40-11-20(12-45(26)43-16)21-9-22-23(18(3)47)13-44(29(22)17(2)28(21)35)14-27(48)46-24(10-33(4)32(46)39-33)31(49)42-30-19(15-50-5)6-7-25(41-30)34(36,37)38/h6-9,11-13,24,32H,10,14-15H2,1-5H3,(H,41,42,49)/q-1/t24-,32-,33+/m0/s1. The predicted molar refractivity (Wildman–Crippen MR) is 169 cm³/mol. The number of likely N-dealkylation sites (tertiary alicyclic amines) is 1. The van der Waals surface area contributed by atoms with Crippen LogP contribution in [0, 0.1) is 19.7 Å². The van der Waals surface area contributed by atoms with Crippen LogP contribution in [0.4, 0.5) is 23.4 Å². The Morgan fingerprint density at radius 2 is 1.92 bits per heavy atom. The van der Waals surface area contributed by atoms with E-state index in [0.29, 0.717) is 34.1 Å². The van der Waals surface area contributed by atoms with E-state index in [1.54, 1.807) is 29.8 Å².